The number of nitrogen functional groups attached to an aromatic ring is 2. The second kappa shape index (κ2) is 4.88. The zero-order chi connectivity index (χ0) is 11.3. The maximum Gasteiger partial charge on any atom is 0.146 e. The molecule has 78 valence electrons. The van der Waals surface area contributed by atoms with Gasteiger partial charge in [-0.05, 0) is 23.6 Å². The summed E-state index contributed by atoms with van der Waals surface area (Å²) in [6, 6.07) is 0. The highest BCUT2D eigenvalue weighted by atomic mass is 15.1. The van der Waals surface area contributed by atoms with Crippen molar-refractivity contribution < 1.29 is 0 Å². The van der Waals surface area contributed by atoms with Crippen LogP contribution in [0.5, 0.6) is 0 Å². The van der Waals surface area contributed by atoms with Crippen LogP contribution in [-0.4, -0.2) is 11.5 Å². The van der Waals surface area contributed by atoms with Crippen molar-refractivity contribution in [3.63, 3.8) is 0 Å². The molecule has 0 spiro atoms. The van der Waals surface area contributed by atoms with Crippen LogP contribution in [0, 0.1) is 6.92 Å². The molecular formula is C9H12N6. The smallest absolute Gasteiger partial charge is 0.146 e. The van der Waals surface area contributed by atoms with Crippen LogP contribution in [0.25, 0.3) is 16.5 Å². The Morgan fingerprint density at radius 1 is 1.60 bits per heavy atom. The molecule has 1 rings (SSSR count). The van der Waals surface area contributed by atoms with Gasteiger partial charge in [-0.1, -0.05) is 17.3 Å². The molecular weight excluding hydrogens is 192 g/mol. The van der Waals surface area contributed by atoms with Gasteiger partial charge in [0.2, 0.25) is 0 Å². The third-order valence-corrected chi connectivity index (χ3v) is 2.00. The lowest BCUT2D eigenvalue weighted by Crippen LogP contribution is -2.01. The minimum atomic E-state index is 0.306. The molecule has 0 saturated carbocycles. The molecule has 0 fully saturated rings. The average molecular weight is 204 g/mol. The molecule has 0 unspecified atom stereocenters. The van der Waals surface area contributed by atoms with E-state index in [2.05, 4.69) is 15.0 Å². The zero-order valence-electron chi connectivity index (χ0n) is 8.38. The molecule has 1 aromatic rings. The lowest BCUT2D eigenvalue weighted by atomic mass is 10.1. The largest absolute Gasteiger partial charge is 0.396 e. The number of anilines is 2. The third-order valence-electron chi connectivity index (χ3n) is 2.00. The number of nitrogens with two attached hydrogens (primary N) is 2. The van der Waals surface area contributed by atoms with E-state index >= 15 is 0 Å². The van der Waals surface area contributed by atoms with Crippen molar-refractivity contribution in [2.45, 2.75) is 6.92 Å². The molecule has 0 aliphatic heterocycles. The lowest BCUT2D eigenvalue weighted by molar-refractivity contribution is 1.21. The lowest BCUT2D eigenvalue weighted by Gasteiger charge is -2.05. The molecule has 6 nitrogen and oxygen atoms in total. The third kappa shape index (κ3) is 2.62. The Morgan fingerprint density at radius 3 is 3.00 bits per heavy atom. The summed E-state index contributed by atoms with van der Waals surface area (Å²) in [5.41, 5.74) is 21.6. The van der Waals surface area contributed by atoms with Crippen LogP contribution in [-0.2, 0) is 0 Å². The van der Waals surface area contributed by atoms with Crippen molar-refractivity contribution >= 4 is 17.6 Å². The van der Waals surface area contributed by atoms with Gasteiger partial charge < -0.3 is 11.5 Å². The van der Waals surface area contributed by atoms with Gasteiger partial charge in [0.25, 0.3) is 0 Å². The van der Waals surface area contributed by atoms with E-state index in [1.54, 1.807) is 18.3 Å². The first kappa shape index (κ1) is 10.9. The maximum atomic E-state index is 8.07. The fraction of sp³-hybridized carbons (Fsp3) is 0.222. The monoisotopic (exact) mass is 204 g/mol. The molecule has 1 heterocycles. The van der Waals surface area contributed by atoms with Gasteiger partial charge in [-0.15, -0.1) is 0 Å². The minimum Gasteiger partial charge on any atom is -0.396 e. The fourth-order valence-electron chi connectivity index (χ4n) is 1.08. The average Bonchev–Trinajstić information content (AvgIpc) is 2.24. The summed E-state index contributed by atoms with van der Waals surface area (Å²) < 4.78 is 0. The maximum absolute atomic E-state index is 8.07. The highest BCUT2D eigenvalue weighted by Gasteiger charge is 2.02. The van der Waals surface area contributed by atoms with Crippen molar-refractivity contribution in [1.82, 2.24) is 4.98 Å². The molecule has 0 aliphatic rings. The fourth-order valence-corrected chi connectivity index (χ4v) is 1.08. The van der Waals surface area contributed by atoms with Gasteiger partial charge in [0, 0.05) is 17.7 Å². The molecule has 0 amide bonds. The Hall–Kier alpha value is -2.20. The van der Waals surface area contributed by atoms with E-state index in [9.17, 15) is 0 Å². The van der Waals surface area contributed by atoms with Crippen LogP contribution in [0.4, 0.5) is 11.5 Å². The van der Waals surface area contributed by atoms with E-state index in [1.165, 1.54) is 0 Å². The quantitative estimate of drug-likeness (QED) is 0.445. The summed E-state index contributed by atoms with van der Waals surface area (Å²) in [6.45, 7) is 2.17. The molecule has 0 aromatic carbocycles. The summed E-state index contributed by atoms with van der Waals surface area (Å²) in [7, 11) is 0. The second-order valence-electron chi connectivity index (χ2n) is 2.95. The van der Waals surface area contributed by atoms with Crippen LogP contribution in [0.15, 0.2) is 17.4 Å². The van der Waals surface area contributed by atoms with Gasteiger partial charge in [-0.3, -0.25) is 0 Å². The van der Waals surface area contributed by atoms with E-state index in [0.717, 1.165) is 11.1 Å². The summed E-state index contributed by atoms with van der Waals surface area (Å²) in [6.07, 6.45) is 5.17. The molecule has 6 heteroatoms. The first-order valence-electron chi connectivity index (χ1n) is 4.34. The Morgan fingerprint density at radius 2 is 2.33 bits per heavy atom. The SMILES string of the molecule is Cc1c(C=CCN=[N+]=[N-])cnc(N)c1N. The topological polar surface area (TPSA) is 114 Å². The number of rotatable bonds is 3. The van der Waals surface area contributed by atoms with Gasteiger partial charge in [-0.25, -0.2) is 4.98 Å². The molecule has 4 N–H and O–H groups in total. The van der Waals surface area contributed by atoms with Crippen LogP contribution < -0.4 is 11.5 Å². The van der Waals surface area contributed by atoms with Crippen LogP contribution in [0.2, 0.25) is 0 Å². The Kier molecular flexibility index (Phi) is 3.54. The number of hydrogen-bond donors (Lipinski definition) is 2. The van der Waals surface area contributed by atoms with Crippen molar-refractivity contribution in [3.8, 4) is 0 Å². The number of pyridine rings is 1. The highest BCUT2D eigenvalue weighted by molar-refractivity contribution is 5.69. The summed E-state index contributed by atoms with van der Waals surface area (Å²) in [5.74, 6) is 0.333. The van der Waals surface area contributed by atoms with Gasteiger partial charge in [0.1, 0.15) is 5.82 Å². The number of azide groups is 1. The van der Waals surface area contributed by atoms with Crippen molar-refractivity contribution in [3.05, 3.63) is 33.8 Å². The Bertz CT molecular complexity index is 430. The number of aromatic nitrogens is 1. The summed E-state index contributed by atoms with van der Waals surface area (Å²) >= 11 is 0. The van der Waals surface area contributed by atoms with Gasteiger partial charge in [0.05, 0.1) is 5.69 Å². The Balaban J connectivity index is 2.91. The van der Waals surface area contributed by atoms with Gasteiger partial charge in [-0.2, -0.15) is 0 Å². The van der Waals surface area contributed by atoms with Crippen molar-refractivity contribution in [2.75, 3.05) is 18.0 Å². The van der Waals surface area contributed by atoms with Crippen LogP contribution in [0.1, 0.15) is 11.1 Å². The normalized spacial score (nSPS) is 10.2. The second-order valence-corrected chi connectivity index (χ2v) is 2.95. The zero-order valence-corrected chi connectivity index (χ0v) is 8.38. The standard InChI is InChI=1S/C9H12N6/c1-6-7(3-2-4-14-15-12)5-13-9(11)8(6)10/h2-3,5H,4,10H2,1H3,(H2,11,13). The molecule has 0 saturated heterocycles. The predicted molar refractivity (Wildman–Crippen MR) is 60.8 cm³/mol. The molecule has 0 bridgehead atoms. The minimum absolute atomic E-state index is 0.306. The Labute approximate surface area is 87.2 Å². The van der Waals surface area contributed by atoms with Crippen LogP contribution >= 0.6 is 0 Å². The van der Waals surface area contributed by atoms with E-state index in [4.69, 9.17) is 17.0 Å². The van der Waals surface area contributed by atoms with Crippen LogP contribution in [0.3, 0.4) is 0 Å². The molecule has 0 aliphatic carbocycles. The summed E-state index contributed by atoms with van der Waals surface area (Å²) in [4.78, 5) is 6.57. The molecule has 15 heavy (non-hydrogen) atoms. The predicted octanol–water partition coefficient (Wildman–Crippen LogP) is 1.88. The van der Waals surface area contributed by atoms with Crippen molar-refractivity contribution in [1.29, 1.82) is 0 Å². The van der Waals surface area contributed by atoms with E-state index in [0.29, 0.717) is 18.1 Å². The van der Waals surface area contributed by atoms with E-state index < -0.39 is 0 Å². The van der Waals surface area contributed by atoms with E-state index in [-0.39, 0.29) is 0 Å². The summed E-state index contributed by atoms with van der Waals surface area (Å²) in [5, 5.41) is 3.37. The number of hydrogen-bond acceptors (Lipinski definition) is 4. The van der Waals surface area contributed by atoms with E-state index in [1.807, 2.05) is 6.92 Å². The number of nitrogens with zero attached hydrogens (tertiary/aromatic N) is 4. The molecule has 1 aromatic heterocycles. The van der Waals surface area contributed by atoms with Gasteiger partial charge >= 0.3 is 0 Å². The van der Waals surface area contributed by atoms with Crippen molar-refractivity contribution in [2.24, 2.45) is 5.11 Å². The first-order chi connectivity index (χ1) is 7.16. The highest BCUT2D eigenvalue weighted by Crippen LogP contribution is 2.20. The molecule has 0 radical (unpaired) electrons. The first-order valence-corrected chi connectivity index (χ1v) is 4.34. The van der Waals surface area contributed by atoms with Gasteiger partial charge in [0.15, 0.2) is 0 Å². The molecule has 0 atom stereocenters.